The Morgan fingerprint density at radius 1 is 1.20 bits per heavy atom. The zero-order valence-electron chi connectivity index (χ0n) is 11.4. The molecule has 5 nitrogen and oxygen atoms in total. The number of hydrogen-bond acceptors (Lipinski definition) is 3. The van der Waals surface area contributed by atoms with Gasteiger partial charge in [0.1, 0.15) is 4.90 Å². The van der Waals surface area contributed by atoms with E-state index >= 15 is 0 Å². The molecule has 1 aliphatic heterocycles. The van der Waals surface area contributed by atoms with Crippen LogP contribution in [0.1, 0.15) is 43.8 Å². The lowest BCUT2D eigenvalue weighted by atomic mass is 10.1. The molecule has 2 aliphatic carbocycles. The topological polar surface area (TPSA) is 62.5 Å². The number of aliphatic hydroxyl groups excluding tert-OH is 1. The van der Waals surface area contributed by atoms with Crippen molar-refractivity contribution < 1.29 is 13.5 Å². The first-order chi connectivity index (χ1) is 9.59. The largest absolute Gasteiger partial charge is 0.390 e. The average Bonchev–Trinajstić information content (AvgIpc) is 2.92. The molecule has 0 amide bonds. The number of rotatable bonds is 4. The summed E-state index contributed by atoms with van der Waals surface area (Å²) in [5.41, 5.74) is 0.718. The molecule has 2 atom stereocenters. The summed E-state index contributed by atoms with van der Waals surface area (Å²) in [6.07, 6.45) is 7.08. The van der Waals surface area contributed by atoms with E-state index < -0.39 is 10.0 Å². The number of nitrogens with zero attached hydrogens (tertiary/aromatic N) is 2. The standard InChI is InChI=1S/C14H20N2O3S/c17-9-13-6-14(8-15(13)11-3-4-11)20(18,19)16-7-10-1-2-12(16)5-10/h6,8,10-12,17H,1-5,7,9H2. The Morgan fingerprint density at radius 2 is 1.95 bits per heavy atom. The van der Waals surface area contributed by atoms with E-state index in [-0.39, 0.29) is 12.6 Å². The average molecular weight is 296 g/mol. The molecule has 2 saturated carbocycles. The van der Waals surface area contributed by atoms with Gasteiger partial charge in [-0.25, -0.2) is 8.42 Å². The van der Waals surface area contributed by atoms with Gasteiger partial charge in [0, 0.05) is 30.5 Å². The second-order valence-corrected chi connectivity index (χ2v) is 8.26. The number of sulfonamides is 1. The summed E-state index contributed by atoms with van der Waals surface area (Å²) in [7, 11) is -3.39. The maximum absolute atomic E-state index is 12.8. The van der Waals surface area contributed by atoms with Gasteiger partial charge < -0.3 is 9.67 Å². The molecule has 3 aliphatic rings. The summed E-state index contributed by atoms with van der Waals surface area (Å²) in [5, 5.41) is 9.42. The minimum Gasteiger partial charge on any atom is -0.390 e. The highest BCUT2D eigenvalue weighted by Gasteiger charge is 2.44. The maximum atomic E-state index is 12.8. The van der Waals surface area contributed by atoms with Gasteiger partial charge in [0.2, 0.25) is 10.0 Å². The highest BCUT2D eigenvalue weighted by Crippen LogP contribution is 2.42. The molecule has 110 valence electrons. The van der Waals surface area contributed by atoms with Crippen LogP contribution in [0.25, 0.3) is 0 Å². The van der Waals surface area contributed by atoms with Crippen LogP contribution < -0.4 is 0 Å². The third kappa shape index (κ3) is 1.85. The van der Waals surface area contributed by atoms with Crippen LogP contribution in [0.3, 0.4) is 0 Å². The zero-order valence-corrected chi connectivity index (χ0v) is 12.2. The van der Waals surface area contributed by atoms with Gasteiger partial charge in [-0.05, 0) is 44.1 Å². The summed E-state index contributed by atoms with van der Waals surface area (Å²) >= 11 is 0. The number of aromatic nitrogens is 1. The van der Waals surface area contributed by atoms with Crippen LogP contribution >= 0.6 is 0 Å². The molecule has 1 saturated heterocycles. The lowest BCUT2D eigenvalue weighted by Gasteiger charge is -2.25. The van der Waals surface area contributed by atoms with Gasteiger partial charge in [0.25, 0.3) is 0 Å². The number of hydrogen-bond donors (Lipinski definition) is 1. The molecule has 20 heavy (non-hydrogen) atoms. The molecule has 2 heterocycles. The van der Waals surface area contributed by atoms with Crippen LogP contribution in [-0.2, 0) is 16.6 Å². The van der Waals surface area contributed by atoms with Crippen molar-refractivity contribution in [2.75, 3.05) is 6.54 Å². The minimum atomic E-state index is -3.39. The van der Waals surface area contributed by atoms with E-state index in [1.54, 1.807) is 16.6 Å². The van der Waals surface area contributed by atoms with E-state index in [0.717, 1.165) is 31.4 Å². The smallest absolute Gasteiger partial charge is 0.244 e. The number of fused-ring (bicyclic) bond motifs is 2. The summed E-state index contributed by atoms with van der Waals surface area (Å²) in [6.45, 7) is 0.578. The Hall–Kier alpha value is -0.850. The van der Waals surface area contributed by atoms with Crippen molar-refractivity contribution in [3.05, 3.63) is 18.0 Å². The van der Waals surface area contributed by atoms with Crippen LogP contribution in [0.15, 0.2) is 17.2 Å². The lowest BCUT2D eigenvalue weighted by Crippen LogP contribution is -2.37. The Kier molecular flexibility index (Phi) is 2.78. The van der Waals surface area contributed by atoms with E-state index in [1.165, 1.54) is 6.42 Å². The van der Waals surface area contributed by atoms with Crippen molar-refractivity contribution in [1.29, 1.82) is 0 Å². The van der Waals surface area contributed by atoms with E-state index in [1.807, 2.05) is 4.57 Å². The molecule has 2 bridgehead atoms. The molecule has 0 radical (unpaired) electrons. The minimum absolute atomic E-state index is 0.0991. The predicted molar refractivity (Wildman–Crippen MR) is 73.6 cm³/mol. The van der Waals surface area contributed by atoms with E-state index in [2.05, 4.69) is 0 Å². The first-order valence-electron chi connectivity index (χ1n) is 7.43. The van der Waals surface area contributed by atoms with Crippen LogP contribution in [-0.4, -0.2) is 35.0 Å². The van der Waals surface area contributed by atoms with Crippen molar-refractivity contribution in [3.8, 4) is 0 Å². The second kappa shape index (κ2) is 4.32. The van der Waals surface area contributed by atoms with E-state index in [0.29, 0.717) is 23.4 Å². The fourth-order valence-electron chi connectivity index (χ4n) is 3.77. The Labute approximate surface area is 119 Å². The normalized spacial score (nSPS) is 30.2. The Balaban J connectivity index is 1.69. The summed E-state index contributed by atoms with van der Waals surface area (Å²) < 4.78 is 29.2. The predicted octanol–water partition coefficient (Wildman–Crippen LogP) is 1.49. The molecule has 6 heteroatoms. The molecule has 0 spiro atoms. The van der Waals surface area contributed by atoms with Crippen molar-refractivity contribution in [2.45, 2.75) is 55.7 Å². The lowest BCUT2D eigenvalue weighted by molar-refractivity contribution is 0.270. The third-order valence-corrected chi connectivity index (χ3v) is 6.86. The van der Waals surface area contributed by atoms with Gasteiger partial charge in [-0.1, -0.05) is 0 Å². The molecule has 4 rings (SSSR count). The summed E-state index contributed by atoms with van der Waals surface area (Å²) in [4.78, 5) is 0.362. The van der Waals surface area contributed by atoms with Crippen molar-refractivity contribution >= 4 is 10.0 Å². The van der Waals surface area contributed by atoms with Gasteiger partial charge >= 0.3 is 0 Å². The molecule has 1 aromatic heterocycles. The zero-order chi connectivity index (χ0) is 13.9. The molecule has 1 N–H and O–H groups in total. The van der Waals surface area contributed by atoms with Gasteiger partial charge in [-0.3, -0.25) is 0 Å². The van der Waals surface area contributed by atoms with Gasteiger partial charge in [-0.2, -0.15) is 4.31 Å². The van der Waals surface area contributed by atoms with Gasteiger partial charge in [0.15, 0.2) is 0 Å². The van der Waals surface area contributed by atoms with E-state index in [4.69, 9.17) is 0 Å². The van der Waals surface area contributed by atoms with Gasteiger partial charge in [-0.15, -0.1) is 0 Å². The molecule has 2 unspecified atom stereocenters. The van der Waals surface area contributed by atoms with Crippen LogP contribution in [0.2, 0.25) is 0 Å². The first-order valence-corrected chi connectivity index (χ1v) is 8.87. The Bertz CT molecular complexity index is 633. The fraction of sp³-hybridized carbons (Fsp3) is 0.714. The molecule has 1 aromatic rings. The summed E-state index contributed by atoms with van der Waals surface area (Å²) in [5.74, 6) is 0.553. The fourth-order valence-corrected chi connectivity index (χ4v) is 5.56. The first kappa shape index (κ1) is 12.9. The highest BCUT2D eigenvalue weighted by molar-refractivity contribution is 7.89. The van der Waals surface area contributed by atoms with Gasteiger partial charge in [0.05, 0.1) is 6.61 Å². The van der Waals surface area contributed by atoms with E-state index in [9.17, 15) is 13.5 Å². The third-order valence-electron chi connectivity index (χ3n) is 4.97. The molecule has 0 aromatic carbocycles. The molecule has 3 fully saturated rings. The van der Waals surface area contributed by atoms with Crippen LogP contribution in [0.5, 0.6) is 0 Å². The SMILES string of the molecule is O=S(=O)(c1cc(CO)n(C2CC2)c1)N1CC2CCC1C2. The number of piperidine rings is 1. The monoisotopic (exact) mass is 296 g/mol. The maximum Gasteiger partial charge on any atom is 0.244 e. The Morgan fingerprint density at radius 3 is 2.50 bits per heavy atom. The van der Waals surface area contributed by atoms with Crippen LogP contribution in [0, 0.1) is 5.92 Å². The number of aliphatic hydroxyl groups is 1. The summed E-state index contributed by atoms with van der Waals surface area (Å²) in [6, 6.07) is 2.24. The second-order valence-electron chi connectivity index (χ2n) is 6.37. The van der Waals surface area contributed by atoms with Crippen LogP contribution in [0.4, 0.5) is 0 Å². The highest BCUT2D eigenvalue weighted by atomic mass is 32.2. The van der Waals surface area contributed by atoms with Crippen molar-refractivity contribution in [3.63, 3.8) is 0 Å². The van der Waals surface area contributed by atoms with Crippen molar-refractivity contribution in [2.24, 2.45) is 5.92 Å². The quantitative estimate of drug-likeness (QED) is 0.915. The molecular formula is C14H20N2O3S. The van der Waals surface area contributed by atoms with Crippen molar-refractivity contribution in [1.82, 2.24) is 8.87 Å². The molecular weight excluding hydrogens is 276 g/mol.